The third kappa shape index (κ3) is 3.04. The van der Waals surface area contributed by atoms with Crippen molar-refractivity contribution in [2.75, 3.05) is 6.61 Å². The van der Waals surface area contributed by atoms with E-state index in [4.69, 9.17) is 5.11 Å². The average molecular weight is 279 g/mol. The van der Waals surface area contributed by atoms with E-state index in [1.54, 1.807) is 6.92 Å². The lowest BCUT2D eigenvalue weighted by Gasteiger charge is -2.27. The molecule has 0 aliphatic heterocycles. The fourth-order valence-electron chi connectivity index (χ4n) is 1.32. The predicted molar refractivity (Wildman–Crippen MR) is 59.5 cm³/mol. The molecular weight excluding hydrogens is 266 g/mol. The number of rotatable bonds is 4. The Bertz CT molecular complexity index is 501. The monoisotopic (exact) mass is 279 g/mol. The summed E-state index contributed by atoms with van der Waals surface area (Å²) >= 11 is 0. The normalized spacial score (nSPS) is 14.1. The molecular formula is C12H13F4NO2. The Balaban J connectivity index is 3.15. The Labute approximate surface area is 107 Å². The van der Waals surface area contributed by atoms with Gasteiger partial charge in [-0.15, -0.1) is 0 Å². The quantitative estimate of drug-likeness (QED) is 0.504. The molecule has 106 valence electrons. The molecule has 0 radical (unpaired) electrons. The van der Waals surface area contributed by atoms with E-state index in [0.717, 1.165) is 0 Å². The lowest BCUT2D eigenvalue weighted by atomic mass is 9.99. The Morgan fingerprint density at radius 2 is 1.84 bits per heavy atom. The van der Waals surface area contributed by atoms with Gasteiger partial charge in [0.15, 0.2) is 23.3 Å². The number of hydrogen-bond acceptors (Lipinski definition) is 2. The highest BCUT2D eigenvalue weighted by atomic mass is 19.2. The first kappa shape index (κ1) is 15.4. The molecule has 0 aliphatic carbocycles. The second-order valence-corrected chi connectivity index (χ2v) is 4.37. The van der Waals surface area contributed by atoms with Crippen LogP contribution in [0.5, 0.6) is 0 Å². The van der Waals surface area contributed by atoms with Gasteiger partial charge in [-0.3, -0.25) is 4.79 Å². The van der Waals surface area contributed by atoms with Gasteiger partial charge in [-0.25, -0.2) is 17.6 Å². The molecule has 1 atom stereocenters. The molecule has 1 amide bonds. The van der Waals surface area contributed by atoms with Crippen LogP contribution >= 0.6 is 0 Å². The molecule has 0 saturated heterocycles. The summed E-state index contributed by atoms with van der Waals surface area (Å²) in [6.07, 6.45) is 0.309. The Hall–Kier alpha value is -1.63. The fraction of sp³-hybridized carbons (Fsp3) is 0.417. The van der Waals surface area contributed by atoms with E-state index in [2.05, 4.69) is 5.32 Å². The second-order valence-electron chi connectivity index (χ2n) is 4.37. The van der Waals surface area contributed by atoms with Crippen LogP contribution in [-0.2, 0) is 0 Å². The van der Waals surface area contributed by atoms with Gasteiger partial charge in [0, 0.05) is 0 Å². The first-order valence-electron chi connectivity index (χ1n) is 5.52. The molecule has 0 fully saturated rings. The van der Waals surface area contributed by atoms with Crippen molar-refractivity contribution in [1.29, 1.82) is 0 Å². The van der Waals surface area contributed by atoms with Crippen molar-refractivity contribution in [3.05, 3.63) is 34.9 Å². The van der Waals surface area contributed by atoms with Crippen LogP contribution in [0.15, 0.2) is 6.07 Å². The van der Waals surface area contributed by atoms with Crippen molar-refractivity contribution in [3.63, 3.8) is 0 Å². The Kier molecular flexibility index (Phi) is 4.52. The molecule has 2 N–H and O–H groups in total. The molecule has 0 aliphatic rings. The highest BCUT2D eigenvalue weighted by molar-refractivity contribution is 5.95. The number of carbonyl (C=O) groups excluding carboxylic acids is 1. The number of carbonyl (C=O) groups is 1. The summed E-state index contributed by atoms with van der Waals surface area (Å²) in [6, 6.07) is 0.274. The minimum absolute atomic E-state index is 0.274. The summed E-state index contributed by atoms with van der Waals surface area (Å²) in [6.45, 7) is 2.68. The van der Waals surface area contributed by atoms with Gasteiger partial charge in [0.05, 0.1) is 17.7 Å². The van der Waals surface area contributed by atoms with Gasteiger partial charge in [-0.1, -0.05) is 6.92 Å². The van der Waals surface area contributed by atoms with Crippen LogP contribution in [0.3, 0.4) is 0 Å². The zero-order valence-corrected chi connectivity index (χ0v) is 10.4. The molecule has 0 heterocycles. The number of amides is 1. The molecule has 0 aromatic heterocycles. The zero-order chi connectivity index (χ0) is 14.8. The molecule has 19 heavy (non-hydrogen) atoms. The molecule has 0 bridgehead atoms. The Morgan fingerprint density at radius 1 is 1.26 bits per heavy atom. The number of benzene rings is 1. The molecule has 3 nitrogen and oxygen atoms in total. The molecule has 1 aromatic carbocycles. The van der Waals surface area contributed by atoms with E-state index in [-0.39, 0.29) is 6.07 Å². The van der Waals surface area contributed by atoms with Crippen LogP contribution in [-0.4, -0.2) is 23.2 Å². The van der Waals surface area contributed by atoms with Crippen molar-refractivity contribution in [2.24, 2.45) is 0 Å². The van der Waals surface area contributed by atoms with Crippen LogP contribution in [0.1, 0.15) is 30.6 Å². The van der Waals surface area contributed by atoms with Crippen LogP contribution in [0.2, 0.25) is 0 Å². The van der Waals surface area contributed by atoms with Crippen molar-refractivity contribution < 1.29 is 27.5 Å². The first-order valence-corrected chi connectivity index (χ1v) is 5.52. The van der Waals surface area contributed by atoms with E-state index in [0.29, 0.717) is 6.42 Å². The van der Waals surface area contributed by atoms with E-state index >= 15 is 0 Å². The van der Waals surface area contributed by atoms with Gasteiger partial charge < -0.3 is 10.4 Å². The molecule has 1 unspecified atom stereocenters. The van der Waals surface area contributed by atoms with Gasteiger partial charge in [-0.2, -0.15) is 0 Å². The summed E-state index contributed by atoms with van der Waals surface area (Å²) in [5.74, 6) is -8.59. The third-order valence-corrected chi connectivity index (χ3v) is 2.89. The second kappa shape index (κ2) is 5.56. The van der Waals surface area contributed by atoms with Crippen LogP contribution in [0, 0.1) is 23.3 Å². The maximum Gasteiger partial charge on any atom is 0.254 e. The van der Waals surface area contributed by atoms with Gasteiger partial charge in [-0.05, 0) is 19.4 Å². The standard InChI is InChI=1S/C12H13F4NO2/c1-3-12(2,5-18)17-11(19)6-4-7(13)9(15)10(16)8(6)14/h4,18H,3,5H2,1-2H3,(H,17,19). The SMILES string of the molecule is CCC(C)(CO)NC(=O)c1cc(F)c(F)c(F)c1F. The number of aliphatic hydroxyl groups is 1. The maximum atomic E-state index is 13.4. The van der Waals surface area contributed by atoms with Crippen LogP contribution in [0.25, 0.3) is 0 Å². The number of hydrogen-bond donors (Lipinski definition) is 2. The molecule has 1 rings (SSSR count). The van der Waals surface area contributed by atoms with E-state index in [9.17, 15) is 22.4 Å². The highest BCUT2D eigenvalue weighted by Crippen LogP contribution is 2.19. The number of nitrogens with one attached hydrogen (secondary N) is 1. The predicted octanol–water partition coefficient (Wildman–Crippen LogP) is 2.13. The van der Waals surface area contributed by atoms with Crippen molar-refractivity contribution in [2.45, 2.75) is 25.8 Å². The zero-order valence-electron chi connectivity index (χ0n) is 10.4. The van der Waals surface area contributed by atoms with Crippen molar-refractivity contribution >= 4 is 5.91 Å². The van der Waals surface area contributed by atoms with Crippen molar-refractivity contribution in [1.82, 2.24) is 5.32 Å². The van der Waals surface area contributed by atoms with E-state index in [1.165, 1.54) is 6.92 Å². The summed E-state index contributed by atoms with van der Waals surface area (Å²) in [7, 11) is 0. The first-order chi connectivity index (χ1) is 8.75. The summed E-state index contributed by atoms with van der Waals surface area (Å²) < 4.78 is 52.1. The van der Waals surface area contributed by atoms with E-state index < -0.39 is 46.9 Å². The van der Waals surface area contributed by atoms with Gasteiger partial charge >= 0.3 is 0 Å². The molecule has 0 spiro atoms. The average Bonchev–Trinajstić information content (AvgIpc) is 2.40. The Morgan fingerprint density at radius 3 is 2.32 bits per heavy atom. The molecule has 1 aromatic rings. The minimum Gasteiger partial charge on any atom is -0.394 e. The largest absolute Gasteiger partial charge is 0.394 e. The lowest BCUT2D eigenvalue weighted by molar-refractivity contribution is 0.0841. The van der Waals surface area contributed by atoms with Crippen LogP contribution in [0.4, 0.5) is 17.6 Å². The summed E-state index contributed by atoms with van der Waals surface area (Å²) in [5.41, 5.74) is -2.02. The van der Waals surface area contributed by atoms with Gasteiger partial charge in [0.1, 0.15) is 0 Å². The highest BCUT2D eigenvalue weighted by Gasteiger charge is 2.28. The van der Waals surface area contributed by atoms with Gasteiger partial charge in [0.25, 0.3) is 5.91 Å². The molecule has 7 heteroatoms. The minimum atomic E-state index is -2.05. The van der Waals surface area contributed by atoms with Crippen LogP contribution < -0.4 is 5.32 Å². The smallest absolute Gasteiger partial charge is 0.254 e. The maximum absolute atomic E-state index is 13.4. The summed E-state index contributed by atoms with van der Waals surface area (Å²) in [5, 5.41) is 11.3. The summed E-state index contributed by atoms with van der Waals surface area (Å²) in [4.78, 5) is 11.7. The number of aliphatic hydroxyl groups excluding tert-OH is 1. The van der Waals surface area contributed by atoms with E-state index in [1.807, 2.05) is 0 Å². The molecule has 0 saturated carbocycles. The van der Waals surface area contributed by atoms with Gasteiger partial charge in [0.2, 0.25) is 0 Å². The topological polar surface area (TPSA) is 49.3 Å². The third-order valence-electron chi connectivity index (χ3n) is 2.89. The van der Waals surface area contributed by atoms with Crippen molar-refractivity contribution in [3.8, 4) is 0 Å². The number of halogens is 4. The fourth-order valence-corrected chi connectivity index (χ4v) is 1.32. The lowest BCUT2D eigenvalue weighted by Crippen LogP contribution is -2.48.